The summed E-state index contributed by atoms with van der Waals surface area (Å²) in [4.78, 5) is 117. The minimum absolute atomic E-state index is 0.0884. The van der Waals surface area contributed by atoms with Crippen molar-refractivity contribution in [3.8, 4) is 0 Å². The Morgan fingerprint density at radius 3 is 1.35 bits per heavy atom. The molecule has 34 heavy (non-hydrogen) atoms. The van der Waals surface area contributed by atoms with Gasteiger partial charge in [0.2, 0.25) is 6.10 Å². The monoisotopic (exact) mass is 481 g/mol. The first kappa shape index (κ1) is 24.6. The molecule has 4 amide bonds. The molecular weight excluding hydrogens is 462 g/mol. The molecule has 2 aliphatic heterocycles. The molecule has 0 atom stereocenters. The van der Waals surface area contributed by atoms with Gasteiger partial charge in [-0.1, -0.05) is 0 Å². The van der Waals surface area contributed by atoms with Gasteiger partial charge in [-0.3, -0.25) is 38.5 Å². The fourth-order valence-corrected chi connectivity index (χ4v) is 3.28. The first-order chi connectivity index (χ1) is 16.0. The number of imide groups is 2. The van der Waals surface area contributed by atoms with Gasteiger partial charge in [-0.15, -0.1) is 10.1 Å². The van der Waals surface area contributed by atoms with Crippen LogP contribution < -0.4 is 0 Å². The van der Waals surface area contributed by atoms with Crippen LogP contribution >= 0.6 is 0 Å². The Hall–Kier alpha value is -4.01. The van der Waals surface area contributed by atoms with Crippen LogP contribution in [0.15, 0.2) is 0 Å². The van der Waals surface area contributed by atoms with Crippen molar-refractivity contribution in [2.75, 3.05) is 19.6 Å². The van der Waals surface area contributed by atoms with Crippen LogP contribution in [0.25, 0.3) is 0 Å². The first-order valence-electron chi connectivity index (χ1n) is 10.2. The van der Waals surface area contributed by atoms with Crippen LogP contribution in [-0.2, 0) is 57.6 Å². The van der Waals surface area contributed by atoms with Gasteiger partial charge in [0, 0.05) is 38.5 Å². The average molecular weight is 481 g/mol. The van der Waals surface area contributed by atoms with Crippen LogP contribution in [0.2, 0.25) is 0 Å². The van der Waals surface area contributed by atoms with Crippen LogP contribution in [0.3, 0.4) is 0 Å². The summed E-state index contributed by atoms with van der Waals surface area (Å²) in [6.45, 7) is -2.49. The molecular formula is C19H19N3O12. The average Bonchev–Trinajstić information content (AvgIpc) is 3.36. The third-order valence-electron chi connectivity index (χ3n) is 4.91. The number of carbonyl (C=O) groups is 9. The summed E-state index contributed by atoms with van der Waals surface area (Å²) in [5, 5.41) is 0.517. The second-order valence-corrected chi connectivity index (χ2v) is 7.54. The number of nitrogens with zero attached hydrogens (tertiary/aromatic N) is 3. The van der Waals surface area contributed by atoms with Crippen molar-refractivity contribution in [2.45, 2.75) is 44.6 Å². The van der Waals surface area contributed by atoms with E-state index in [-0.39, 0.29) is 48.7 Å². The number of hydrogen-bond acceptors (Lipinski definition) is 13. The highest BCUT2D eigenvalue weighted by atomic mass is 16.7. The van der Waals surface area contributed by atoms with Crippen LogP contribution in [0.4, 0.5) is 0 Å². The number of ketones is 2. The van der Waals surface area contributed by atoms with E-state index < -0.39 is 78.8 Å². The second kappa shape index (κ2) is 10.3. The van der Waals surface area contributed by atoms with Crippen LogP contribution in [-0.4, -0.2) is 93.9 Å². The Labute approximate surface area is 190 Å². The van der Waals surface area contributed by atoms with Crippen molar-refractivity contribution in [1.29, 1.82) is 0 Å². The SMILES string of the molecule is O=C(CN(CC(=O)ON1C(=O)CCC1=O)CC(=O)ON1C(=O)CCC1=O)OC1C(=O)CCC1=O. The summed E-state index contributed by atoms with van der Waals surface area (Å²) in [7, 11) is 0. The summed E-state index contributed by atoms with van der Waals surface area (Å²) in [5.41, 5.74) is 0. The predicted octanol–water partition coefficient (Wildman–Crippen LogP) is -2.65. The summed E-state index contributed by atoms with van der Waals surface area (Å²) in [5.74, 6) is -7.77. The van der Waals surface area contributed by atoms with Gasteiger partial charge in [0.05, 0.1) is 6.54 Å². The smallest absolute Gasteiger partial charge is 0.347 e. The van der Waals surface area contributed by atoms with Crippen LogP contribution in [0.5, 0.6) is 0 Å². The number of ether oxygens (including phenoxy) is 1. The highest BCUT2D eigenvalue weighted by Gasteiger charge is 2.38. The molecule has 15 nitrogen and oxygen atoms in total. The van der Waals surface area contributed by atoms with E-state index in [0.29, 0.717) is 0 Å². The third kappa shape index (κ3) is 5.86. The lowest BCUT2D eigenvalue weighted by Crippen LogP contribution is -2.44. The van der Waals surface area contributed by atoms with Crippen molar-refractivity contribution in [1.82, 2.24) is 15.0 Å². The quantitative estimate of drug-likeness (QED) is 0.189. The van der Waals surface area contributed by atoms with Gasteiger partial charge in [-0.2, -0.15) is 0 Å². The van der Waals surface area contributed by atoms with Gasteiger partial charge in [0.25, 0.3) is 23.6 Å². The molecule has 0 radical (unpaired) electrons. The molecule has 0 N–H and O–H groups in total. The normalized spacial score (nSPS) is 19.0. The highest BCUT2D eigenvalue weighted by Crippen LogP contribution is 2.16. The molecule has 0 aromatic heterocycles. The Balaban J connectivity index is 1.63. The zero-order chi connectivity index (χ0) is 25.0. The van der Waals surface area contributed by atoms with Crippen molar-refractivity contribution < 1.29 is 57.6 Å². The Morgan fingerprint density at radius 2 is 0.971 bits per heavy atom. The van der Waals surface area contributed by atoms with E-state index in [1.54, 1.807) is 0 Å². The molecule has 0 unspecified atom stereocenters. The van der Waals surface area contributed by atoms with Gasteiger partial charge in [0.1, 0.15) is 13.1 Å². The zero-order valence-corrected chi connectivity index (χ0v) is 17.7. The number of Topliss-reactive ketones (excluding diaryl/α,β-unsaturated/α-hetero) is 2. The second-order valence-electron chi connectivity index (χ2n) is 7.54. The van der Waals surface area contributed by atoms with Crippen LogP contribution in [0, 0.1) is 0 Å². The Morgan fingerprint density at radius 1 is 0.618 bits per heavy atom. The molecule has 0 spiro atoms. The number of hydroxylamine groups is 4. The third-order valence-corrected chi connectivity index (χ3v) is 4.91. The lowest BCUT2D eigenvalue weighted by atomic mass is 10.3. The minimum Gasteiger partial charge on any atom is -0.445 e. The first-order valence-corrected chi connectivity index (χ1v) is 10.2. The van der Waals surface area contributed by atoms with Crippen molar-refractivity contribution in [3.05, 3.63) is 0 Å². The summed E-state index contributed by atoms with van der Waals surface area (Å²) < 4.78 is 4.84. The number of amides is 4. The van der Waals surface area contributed by atoms with Gasteiger partial charge in [-0.05, 0) is 0 Å². The van der Waals surface area contributed by atoms with Gasteiger partial charge in [-0.25, -0.2) is 9.59 Å². The fraction of sp³-hybridized carbons (Fsp3) is 0.526. The molecule has 3 rings (SSSR count). The predicted molar refractivity (Wildman–Crippen MR) is 99.9 cm³/mol. The molecule has 1 aliphatic carbocycles. The number of rotatable bonds is 9. The van der Waals surface area contributed by atoms with E-state index >= 15 is 0 Å². The molecule has 1 saturated carbocycles. The maximum Gasteiger partial charge on any atom is 0.347 e. The molecule has 2 heterocycles. The maximum atomic E-state index is 12.3. The molecule has 182 valence electrons. The minimum atomic E-state index is -1.59. The van der Waals surface area contributed by atoms with E-state index in [0.717, 1.165) is 4.90 Å². The van der Waals surface area contributed by atoms with E-state index in [2.05, 4.69) is 9.68 Å². The molecule has 3 fully saturated rings. The lowest BCUT2D eigenvalue weighted by Gasteiger charge is -2.22. The van der Waals surface area contributed by atoms with Gasteiger partial charge >= 0.3 is 17.9 Å². The molecule has 0 bridgehead atoms. The number of carbonyl (C=O) groups excluding carboxylic acids is 9. The summed E-state index contributed by atoms with van der Waals surface area (Å²) >= 11 is 0. The van der Waals surface area contributed by atoms with Crippen LogP contribution in [0.1, 0.15) is 38.5 Å². The van der Waals surface area contributed by atoms with E-state index in [1.807, 2.05) is 0 Å². The lowest BCUT2D eigenvalue weighted by molar-refractivity contribution is -0.201. The molecule has 3 aliphatic rings. The van der Waals surface area contributed by atoms with E-state index in [9.17, 15) is 43.2 Å². The summed E-state index contributed by atoms with van der Waals surface area (Å²) in [6.07, 6.45) is -2.39. The number of esters is 1. The highest BCUT2D eigenvalue weighted by molar-refractivity contribution is 6.12. The number of hydrogen-bond donors (Lipinski definition) is 0. The topological polar surface area (TPSA) is 191 Å². The van der Waals surface area contributed by atoms with E-state index in [1.165, 1.54) is 0 Å². The zero-order valence-electron chi connectivity index (χ0n) is 17.7. The molecule has 15 heteroatoms. The maximum absolute atomic E-state index is 12.3. The van der Waals surface area contributed by atoms with Crippen molar-refractivity contribution in [3.63, 3.8) is 0 Å². The van der Waals surface area contributed by atoms with Crippen molar-refractivity contribution in [2.24, 2.45) is 0 Å². The standard InChI is InChI=1S/C19H19N3O12/c23-10-1-2-11(24)19(10)32-16(29)7-20(8-17(30)33-21-12(25)3-4-13(21)26)9-18(31)34-22-14(27)5-6-15(22)28/h19H,1-9H2. The molecule has 0 aromatic carbocycles. The summed E-state index contributed by atoms with van der Waals surface area (Å²) in [6, 6.07) is 0. The van der Waals surface area contributed by atoms with Crippen molar-refractivity contribution >= 4 is 53.1 Å². The largest absolute Gasteiger partial charge is 0.445 e. The fourth-order valence-electron chi connectivity index (χ4n) is 3.28. The van der Waals surface area contributed by atoms with Gasteiger partial charge < -0.3 is 14.4 Å². The van der Waals surface area contributed by atoms with Gasteiger partial charge in [0.15, 0.2) is 11.6 Å². The molecule has 2 saturated heterocycles. The molecule has 0 aromatic rings. The Bertz CT molecular complexity index is 817. The van der Waals surface area contributed by atoms with E-state index in [4.69, 9.17) is 4.74 Å². The Kier molecular flexibility index (Phi) is 7.45.